The minimum absolute atomic E-state index is 0.566. The van der Waals surface area contributed by atoms with Gasteiger partial charge in [0.25, 0.3) is 0 Å². The molecule has 2 heterocycles. The van der Waals surface area contributed by atoms with E-state index >= 15 is 0 Å². The number of methoxy groups -OCH3 is 1. The fourth-order valence-electron chi connectivity index (χ4n) is 3.65. The van der Waals surface area contributed by atoms with E-state index in [9.17, 15) is 5.26 Å². The molecule has 0 amide bonds. The number of nitriles is 1. The average molecular weight is 442 g/mol. The van der Waals surface area contributed by atoms with Gasteiger partial charge in [0.15, 0.2) is 14.4 Å². The second-order valence-electron chi connectivity index (χ2n) is 8.51. The van der Waals surface area contributed by atoms with E-state index in [4.69, 9.17) is 25.7 Å². The summed E-state index contributed by atoms with van der Waals surface area (Å²) in [6.07, 6.45) is -0.717. The van der Waals surface area contributed by atoms with Crippen molar-refractivity contribution in [2.45, 2.75) is 53.1 Å². The Kier molecular flexibility index (Phi) is 6.28. The normalized spacial score (nSPS) is 12.8. The van der Waals surface area contributed by atoms with Crippen LogP contribution in [0.2, 0.25) is 24.7 Å². The molecule has 0 N–H and O–H groups in total. The lowest BCUT2D eigenvalue weighted by molar-refractivity contribution is 0.254. The predicted molar refractivity (Wildman–Crippen MR) is 124 cm³/mol. The largest absolute Gasteiger partial charge is 0.497 e. The minimum atomic E-state index is -1.94. The first-order valence-electron chi connectivity index (χ1n) is 9.93. The highest BCUT2D eigenvalue weighted by Gasteiger charge is 2.28. The molecule has 2 aromatic heterocycles. The van der Waals surface area contributed by atoms with Crippen molar-refractivity contribution in [3.63, 3.8) is 0 Å². The third-order valence-electron chi connectivity index (χ3n) is 5.27. The smallest absolute Gasteiger partial charge is 0.186 e. The first kappa shape index (κ1) is 22.4. The molecule has 1 aromatic carbocycles. The average Bonchev–Trinajstić information content (AvgIpc) is 2.91. The van der Waals surface area contributed by atoms with Gasteiger partial charge in [0.2, 0.25) is 0 Å². The maximum absolute atomic E-state index is 9.78. The number of rotatable bonds is 6. The summed E-state index contributed by atoms with van der Waals surface area (Å²) in [5, 5.41) is 11.2. The van der Waals surface area contributed by atoms with Gasteiger partial charge in [-0.15, -0.1) is 0 Å². The van der Waals surface area contributed by atoms with E-state index in [1.807, 2.05) is 19.1 Å². The number of ether oxygens (including phenoxy) is 1. The molecule has 1 atom stereocenters. The topological polar surface area (TPSA) is 60.1 Å². The standard InChI is InChI=1S/C23H28ClN3O2Si/c1-14-16(3)27(13-17-8-10-18(28-4)11-9-17)23-20(14)22(24)21(15(2)26-23)19(12-25)29-30(5,6)7/h8-11,19H,13H2,1-7H3. The fourth-order valence-corrected chi connectivity index (χ4v) is 4.99. The maximum atomic E-state index is 9.78. The molecular weight excluding hydrogens is 414 g/mol. The van der Waals surface area contributed by atoms with Gasteiger partial charge in [-0.1, -0.05) is 23.7 Å². The Hall–Kier alpha value is -2.33. The van der Waals surface area contributed by atoms with E-state index in [-0.39, 0.29) is 0 Å². The van der Waals surface area contributed by atoms with E-state index in [0.717, 1.165) is 39.3 Å². The third kappa shape index (κ3) is 4.24. The Bertz CT molecular complexity index is 1130. The number of nitrogens with zero attached hydrogens (tertiary/aromatic N) is 3. The zero-order valence-corrected chi connectivity index (χ0v) is 20.4. The Morgan fingerprint density at radius 2 is 1.80 bits per heavy atom. The third-order valence-corrected chi connectivity index (χ3v) is 6.61. The van der Waals surface area contributed by atoms with Crippen molar-refractivity contribution in [1.82, 2.24) is 9.55 Å². The second-order valence-corrected chi connectivity index (χ2v) is 13.3. The highest BCUT2D eigenvalue weighted by atomic mass is 35.5. The van der Waals surface area contributed by atoms with Crippen LogP contribution in [0, 0.1) is 32.1 Å². The number of aryl methyl sites for hydroxylation is 2. The molecule has 3 aromatic rings. The summed E-state index contributed by atoms with van der Waals surface area (Å²) < 4.78 is 13.5. The van der Waals surface area contributed by atoms with Crippen molar-refractivity contribution in [3.8, 4) is 11.8 Å². The SMILES string of the molecule is COc1ccc(Cn2c(C)c(C)c3c(Cl)c(C(C#N)O[Si](C)(C)C)c(C)nc32)cc1. The van der Waals surface area contributed by atoms with Crippen LogP contribution in [0.15, 0.2) is 24.3 Å². The second kappa shape index (κ2) is 8.42. The molecule has 158 valence electrons. The van der Waals surface area contributed by atoms with Crippen LogP contribution in [0.25, 0.3) is 11.0 Å². The van der Waals surface area contributed by atoms with Crippen molar-refractivity contribution in [2.24, 2.45) is 0 Å². The van der Waals surface area contributed by atoms with E-state index in [2.05, 4.69) is 56.3 Å². The molecule has 5 nitrogen and oxygen atoms in total. The van der Waals surface area contributed by atoms with Gasteiger partial charge in [-0.2, -0.15) is 5.26 Å². The summed E-state index contributed by atoms with van der Waals surface area (Å²) in [4.78, 5) is 4.88. The molecule has 0 saturated heterocycles. The lowest BCUT2D eigenvalue weighted by Gasteiger charge is -2.23. The quantitative estimate of drug-likeness (QED) is 0.434. The molecule has 1 unspecified atom stereocenters. The molecule has 0 spiro atoms. The summed E-state index contributed by atoms with van der Waals surface area (Å²) in [6.45, 7) is 12.9. The van der Waals surface area contributed by atoms with Crippen LogP contribution in [0.3, 0.4) is 0 Å². The molecule has 0 bridgehead atoms. The first-order valence-corrected chi connectivity index (χ1v) is 13.7. The van der Waals surface area contributed by atoms with Crippen molar-refractivity contribution in [1.29, 1.82) is 5.26 Å². The van der Waals surface area contributed by atoms with Gasteiger partial charge < -0.3 is 13.7 Å². The number of hydrogen-bond donors (Lipinski definition) is 0. The summed E-state index contributed by atoms with van der Waals surface area (Å²) in [5.41, 5.74) is 5.56. The van der Waals surface area contributed by atoms with Crippen molar-refractivity contribution in [2.75, 3.05) is 7.11 Å². The summed E-state index contributed by atoms with van der Waals surface area (Å²) in [6, 6.07) is 10.3. The molecule has 7 heteroatoms. The molecular formula is C23H28ClN3O2Si. The highest BCUT2D eigenvalue weighted by Crippen LogP contribution is 2.38. The Morgan fingerprint density at radius 1 is 1.17 bits per heavy atom. The number of benzene rings is 1. The molecule has 0 aliphatic heterocycles. The van der Waals surface area contributed by atoms with Crippen LogP contribution in [0.4, 0.5) is 0 Å². The molecule has 0 fully saturated rings. The lowest BCUT2D eigenvalue weighted by atomic mass is 10.1. The molecule has 0 radical (unpaired) electrons. The molecule has 0 saturated carbocycles. The molecule has 30 heavy (non-hydrogen) atoms. The zero-order chi connectivity index (χ0) is 22.2. The number of halogens is 1. The van der Waals surface area contributed by atoms with Gasteiger partial charge in [-0.05, 0) is 63.7 Å². The van der Waals surface area contributed by atoms with Crippen LogP contribution >= 0.6 is 11.6 Å². The lowest BCUT2D eigenvalue weighted by Crippen LogP contribution is -2.28. The van der Waals surface area contributed by atoms with Gasteiger partial charge in [-0.3, -0.25) is 0 Å². The molecule has 3 rings (SSSR count). The van der Waals surface area contributed by atoms with E-state index in [1.165, 1.54) is 0 Å². The number of fused-ring (bicyclic) bond motifs is 1. The van der Waals surface area contributed by atoms with Crippen LogP contribution in [-0.2, 0) is 11.0 Å². The van der Waals surface area contributed by atoms with E-state index < -0.39 is 14.4 Å². The highest BCUT2D eigenvalue weighted by molar-refractivity contribution is 6.69. The monoisotopic (exact) mass is 441 g/mol. The van der Waals surface area contributed by atoms with Gasteiger partial charge in [0.1, 0.15) is 11.4 Å². The van der Waals surface area contributed by atoms with Crippen LogP contribution in [0.5, 0.6) is 5.75 Å². The summed E-state index contributed by atoms with van der Waals surface area (Å²) >= 11 is 6.90. The van der Waals surface area contributed by atoms with Gasteiger partial charge >= 0.3 is 0 Å². The van der Waals surface area contributed by atoms with Gasteiger partial charge in [0, 0.05) is 28.9 Å². The first-order chi connectivity index (χ1) is 14.1. The number of pyridine rings is 1. The molecule has 0 aliphatic rings. The van der Waals surface area contributed by atoms with E-state index in [1.54, 1.807) is 7.11 Å². The number of hydrogen-bond acceptors (Lipinski definition) is 4. The van der Waals surface area contributed by atoms with Crippen LogP contribution < -0.4 is 4.74 Å². The summed E-state index contributed by atoms with van der Waals surface area (Å²) in [7, 11) is -0.279. The van der Waals surface area contributed by atoms with Crippen molar-refractivity contribution in [3.05, 3.63) is 57.4 Å². The van der Waals surface area contributed by atoms with Crippen LogP contribution in [0.1, 0.15) is 34.2 Å². The summed E-state index contributed by atoms with van der Waals surface area (Å²) in [5.74, 6) is 0.829. The fraction of sp³-hybridized carbons (Fsp3) is 0.391. The Morgan fingerprint density at radius 3 is 2.33 bits per heavy atom. The van der Waals surface area contributed by atoms with Gasteiger partial charge in [-0.25, -0.2) is 4.98 Å². The maximum Gasteiger partial charge on any atom is 0.186 e. The Labute approximate surface area is 184 Å². The van der Waals surface area contributed by atoms with E-state index in [0.29, 0.717) is 17.1 Å². The van der Waals surface area contributed by atoms with Crippen molar-refractivity contribution >= 4 is 31.0 Å². The predicted octanol–water partition coefficient (Wildman–Crippen LogP) is 6.09. The van der Waals surface area contributed by atoms with Gasteiger partial charge in [0.05, 0.1) is 18.2 Å². The number of aromatic nitrogens is 2. The molecule has 0 aliphatic carbocycles. The minimum Gasteiger partial charge on any atom is -0.497 e. The van der Waals surface area contributed by atoms with Crippen LogP contribution in [-0.4, -0.2) is 25.0 Å². The zero-order valence-electron chi connectivity index (χ0n) is 18.6. The Balaban J connectivity index is 2.14. The van der Waals surface area contributed by atoms with Crippen molar-refractivity contribution < 1.29 is 9.16 Å².